The van der Waals surface area contributed by atoms with E-state index < -0.39 is 0 Å². The lowest BCUT2D eigenvalue weighted by Crippen LogP contribution is -2.11. The van der Waals surface area contributed by atoms with Crippen molar-refractivity contribution >= 4 is 5.78 Å². The van der Waals surface area contributed by atoms with Gasteiger partial charge in [0.1, 0.15) is 6.26 Å². The predicted molar refractivity (Wildman–Crippen MR) is 44.9 cm³/mol. The number of oxazole rings is 1. The topological polar surface area (TPSA) is 43.1 Å². The maximum atomic E-state index is 11.4. The van der Waals surface area contributed by atoms with Crippen molar-refractivity contribution in [1.82, 2.24) is 4.98 Å². The summed E-state index contributed by atoms with van der Waals surface area (Å²) in [5, 5.41) is 0. The molecule has 0 aliphatic rings. The zero-order chi connectivity index (χ0) is 8.97. The average molecular weight is 167 g/mol. The van der Waals surface area contributed by atoms with Crippen LogP contribution in [0, 0.1) is 5.92 Å². The van der Waals surface area contributed by atoms with E-state index in [1.807, 2.05) is 6.92 Å². The first kappa shape index (κ1) is 8.97. The van der Waals surface area contributed by atoms with E-state index in [-0.39, 0.29) is 17.6 Å². The standard InChI is InChI=1S/C9H13NO2/c1-3-4-7(2)8(11)9-10-5-6-12-9/h5-7H,3-4H2,1-2H3/t7-/m0/s1. The Morgan fingerprint density at radius 1 is 1.75 bits per heavy atom. The minimum absolute atomic E-state index is 0.00171. The van der Waals surface area contributed by atoms with Crippen molar-refractivity contribution < 1.29 is 9.21 Å². The molecule has 0 N–H and O–H groups in total. The number of carbonyl (C=O) groups excluding carboxylic acids is 1. The lowest BCUT2D eigenvalue weighted by Gasteiger charge is -2.04. The summed E-state index contributed by atoms with van der Waals surface area (Å²) in [6.45, 7) is 3.95. The normalized spacial score (nSPS) is 12.8. The van der Waals surface area contributed by atoms with Crippen molar-refractivity contribution in [2.75, 3.05) is 0 Å². The van der Waals surface area contributed by atoms with Crippen LogP contribution in [0.5, 0.6) is 0 Å². The predicted octanol–water partition coefficient (Wildman–Crippen LogP) is 2.29. The van der Waals surface area contributed by atoms with Crippen LogP contribution < -0.4 is 0 Å². The molecule has 3 nitrogen and oxygen atoms in total. The minimum atomic E-state index is 0.00171. The number of aromatic nitrogens is 1. The Kier molecular flexibility index (Phi) is 3.02. The van der Waals surface area contributed by atoms with Gasteiger partial charge in [-0.05, 0) is 6.42 Å². The molecule has 0 aliphatic heterocycles. The van der Waals surface area contributed by atoms with Gasteiger partial charge in [0.25, 0.3) is 5.89 Å². The lowest BCUT2D eigenvalue weighted by atomic mass is 10.0. The first-order chi connectivity index (χ1) is 5.75. The largest absolute Gasteiger partial charge is 0.442 e. The van der Waals surface area contributed by atoms with Crippen LogP contribution in [-0.4, -0.2) is 10.8 Å². The highest BCUT2D eigenvalue weighted by Gasteiger charge is 2.17. The highest BCUT2D eigenvalue weighted by atomic mass is 16.3. The molecule has 0 bridgehead atoms. The van der Waals surface area contributed by atoms with Crippen LogP contribution in [0.15, 0.2) is 16.9 Å². The van der Waals surface area contributed by atoms with Gasteiger partial charge in [-0.1, -0.05) is 20.3 Å². The molecular weight excluding hydrogens is 154 g/mol. The molecule has 3 heteroatoms. The van der Waals surface area contributed by atoms with Gasteiger partial charge in [0.2, 0.25) is 5.78 Å². The van der Waals surface area contributed by atoms with Gasteiger partial charge in [-0.2, -0.15) is 0 Å². The monoisotopic (exact) mass is 167 g/mol. The third-order valence-corrected chi connectivity index (χ3v) is 1.81. The molecule has 0 amide bonds. The van der Waals surface area contributed by atoms with E-state index in [0.717, 1.165) is 12.8 Å². The van der Waals surface area contributed by atoms with Crippen molar-refractivity contribution in [2.24, 2.45) is 5.92 Å². The van der Waals surface area contributed by atoms with Gasteiger partial charge in [0.15, 0.2) is 0 Å². The van der Waals surface area contributed by atoms with Gasteiger partial charge >= 0.3 is 0 Å². The Labute approximate surface area is 71.8 Å². The van der Waals surface area contributed by atoms with E-state index in [1.54, 1.807) is 0 Å². The molecular formula is C9H13NO2. The molecule has 0 unspecified atom stereocenters. The Balaban J connectivity index is 2.59. The molecule has 0 spiro atoms. The molecule has 0 saturated heterocycles. The number of hydrogen-bond acceptors (Lipinski definition) is 3. The van der Waals surface area contributed by atoms with Crippen LogP contribution in [0.4, 0.5) is 0 Å². The fraction of sp³-hybridized carbons (Fsp3) is 0.556. The number of Topliss-reactive ketones (excluding diaryl/α,β-unsaturated/α-hetero) is 1. The van der Waals surface area contributed by atoms with Gasteiger partial charge < -0.3 is 4.42 Å². The van der Waals surface area contributed by atoms with Crippen molar-refractivity contribution in [3.05, 3.63) is 18.4 Å². The molecule has 1 aromatic rings. The molecule has 66 valence electrons. The molecule has 12 heavy (non-hydrogen) atoms. The van der Waals surface area contributed by atoms with Crippen LogP contribution in [0.3, 0.4) is 0 Å². The minimum Gasteiger partial charge on any atom is -0.442 e. The Morgan fingerprint density at radius 3 is 3.00 bits per heavy atom. The highest BCUT2D eigenvalue weighted by molar-refractivity contribution is 5.93. The van der Waals surface area contributed by atoms with E-state index >= 15 is 0 Å². The van der Waals surface area contributed by atoms with E-state index in [9.17, 15) is 4.79 Å². The number of carbonyl (C=O) groups is 1. The molecule has 0 fully saturated rings. The summed E-state index contributed by atoms with van der Waals surface area (Å²) < 4.78 is 4.90. The molecule has 1 rings (SSSR count). The van der Waals surface area contributed by atoms with Crippen LogP contribution in [0.2, 0.25) is 0 Å². The smallest absolute Gasteiger partial charge is 0.263 e. The SMILES string of the molecule is CCC[C@H](C)C(=O)c1ncco1. The van der Waals surface area contributed by atoms with E-state index in [1.165, 1.54) is 12.5 Å². The number of ketones is 1. The maximum absolute atomic E-state index is 11.4. The second kappa shape index (κ2) is 4.04. The molecule has 1 heterocycles. The Bertz CT molecular complexity index is 241. The summed E-state index contributed by atoms with van der Waals surface area (Å²) in [5.41, 5.74) is 0. The van der Waals surface area contributed by atoms with Gasteiger partial charge in [0.05, 0.1) is 6.20 Å². The summed E-state index contributed by atoms with van der Waals surface area (Å²) in [6.07, 6.45) is 4.81. The first-order valence-corrected chi connectivity index (χ1v) is 4.19. The summed E-state index contributed by atoms with van der Waals surface area (Å²) in [5.74, 6) is 0.256. The molecule has 1 aromatic heterocycles. The summed E-state index contributed by atoms with van der Waals surface area (Å²) in [4.78, 5) is 15.2. The average Bonchev–Trinajstić information content (AvgIpc) is 2.55. The van der Waals surface area contributed by atoms with Crippen molar-refractivity contribution in [1.29, 1.82) is 0 Å². The molecule has 0 saturated carbocycles. The molecule has 0 aliphatic carbocycles. The van der Waals surface area contributed by atoms with E-state index in [4.69, 9.17) is 4.42 Å². The molecule has 1 atom stereocenters. The zero-order valence-electron chi connectivity index (χ0n) is 7.41. The number of hydrogen-bond donors (Lipinski definition) is 0. The summed E-state index contributed by atoms with van der Waals surface area (Å²) >= 11 is 0. The fourth-order valence-electron chi connectivity index (χ4n) is 1.12. The van der Waals surface area contributed by atoms with Crippen LogP contribution in [0.1, 0.15) is 37.4 Å². The highest BCUT2D eigenvalue weighted by Crippen LogP contribution is 2.11. The van der Waals surface area contributed by atoms with Crippen molar-refractivity contribution in [2.45, 2.75) is 26.7 Å². The molecule has 0 radical (unpaired) electrons. The number of nitrogens with zero attached hydrogens (tertiary/aromatic N) is 1. The fourth-order valence-corrected chi connectivity index (χ4v) is 1.12. The second-order valence-corrected chi connectivity index (χ2v) is 2.89. The lowest BCUT2D eigenvalue weighted by molar-refractivity contribution is 0.0888. The Morgan fingerprint density at radius 2 is 2.50 bits per heavy atom. The van der Waals surface area contributed by atoms with Gasteiger partial charge in [-0.3, -0.25) is 4.79 Å². The number of rotatable bonds is 4. The van der Waals surface area contributed by atoms with E-state index in [2.05, 4.69) is 11.9 Å². The van der Waals surface area contributed by atoms with Crippen LogP contribution >= 0.6 is 0 Å². The zero-order valence-corrected chi connectivity index (χ0v) is 7.41. The van der Waals surface area contributed by atoms with Gasteiger partial charge in [-0.25, -0.2) is 4.98 Å². The summed E-state index contributed by atoms with van der Waals surface area (Å²) in [7, 11) is 0. The maximum Gasteiger partial charge on any atom is 0.263 e. The van der Waals surface area contributed by atoms with Gasteiger partial charge in [0, 0.05) is 5.92 Å². The van der Waals surface area contributed by atoms with Crippen molar-refractivity contribution in [3.8, 4) is 0 Å². The molecule has 0 aromatic carbocycles. The Hall–Kier alpha value is -1.12. The van der Waals surface area contributed by atoms with Gasteiger partial charge in [-0.15, -0.1) is 0 Å². The second-order valence-electron chi connectivity index (χ2n) is 2.89. The third-order valence-electron chi connectivity index (χ3n) is 1.81. The first-order valence-electron chi connectivity index (χ1n) is 4.19. The quantitative estimate of drug-likeness (QED) is 0.646. The van der Waals surface area contributed by atoms with Crippen molar-refractivity contribution in [3.63, 3.8) is 0 Å². The van der Waals surface area contributed by atoms with Crippen LogP contribution in [0.25, 0.3) is 0 Å². The third kappa shape index (κ3) is 1.94. The summed E-state index contributed by atoms with van der Waals surface area (Å²) in [6, 6.07) is 0. The van der Waals surface area contributed by atoms with E-state index in [0.29, 0.717) is 0 Å². The van der Waals surface area contributed by atoms with Crippen LogP contribution in [-0.2, 0) is 0 Å².